The van der Waals surface area contributed by atoms with Crippen LogP contribution >= 0.6 is 0 Å². The van der Waals surface area contributed by atoms with E-state index < -0.39 is 17.7 Å². The summed E-state index contributed by atoms with van der Waals surface area (Å²) in [5, 5.41) is 11.2. The number of anilines is 1. The second-order valence-corrected chi connectivity index (χ2v) is 7.60. The van der Waals surface area contributed by atoms with Crippen molar-refractivity contribution in [2.45, 2.75) is 19.9 Å². The lowest BCUT2D eigenvalue weighted by atomic mass is 9.95. The van der Waals surface area contributed by atoms with Crippen molar-refractivity contribution in [2.75, 3.05) is 12.0 Å². The molecule has 3 aromatic rings. The minimum atomic E-state index is -0.743. The second-order valence-electron chi connectivity index (χ2n) is 7.60. The Morgan fingerprint density at radius 1 is 0.935 bits per heavy atom. The van der Waals surface area contributed by atoms with E-state index in [0.717, 1.165) is 16.7 Å². The maximum absolute atomic E-state index is 13.2. The van der Waals surface area contributed by atoms with Crippen LogP contribution in [0.3, 0.4) is 0 Å². The van der Waals surface area contributed by atoms with Gasteiger partial charge in [0.15, 0.2) is 0 Å². The van der Waals surface area contributed by atoms with E-state index in [2.05, 4.69) is 0 Å². The number of methoxy groups -OCH3 is 1. The summed E-state index contributed by atoms with van der Waals surface area (Å²) < 4.78 is 5.25. The van der Waals surface area contributed by atoms with Crippen molar-refractivity contribution in [3.05, 3.63) is 101 Å². The molecule has 0 saturated carbocycles. The summed E-state index contributed by atoms with van der Waals surface area (Å²) in [4.78, 5) is 27.9. The number of aliphatic hydroxyl groups is 1. The van der Waals surface area contributed by atoms with E-state index >= 15 is 0 Å². The largest absolute Gasteiger partial charge is 0.507 e. The second kappa shape index (κ2) is 8.11. The Balaban J connectivity index is 1.97. The van der Waals surface area contributed by atoms with Gasteiger partial charge in [-0.3, -0.25) is 14.5 Å². The highest BCUT2D eigenvalue weighted by molar-refractivity contribution is 6.51. The monoisotopic (exact) mass is 413 g/mol. The topological polar surface area (TPSA) is 66.8 Å². The molecule has 1 heterocycles. The zero-order valence-electron chi connectivity index (χ0n) is 17.6. The lowest BCUT2D eigenvalue weighted by Crippen LogP contribution is -2.30. The van der Waals surface area contributed by atoms with Crippen LogP contribution < -0.4 is 9.64 Å². The van der Waals surface area contributed by atoms with Crippen LogP contribution in [0.25, 0.3) is 5.76 Å². The first-order chi connectivity index (χ1) is 14.9. The van der Waals surface area contributed by atoms with Crippen molar-refractivity contribution in [1.82, 2.24) is 0 Å². The third-order valence-corrected chi connectivity index (χ3v) is 5.53. The van der Waals surface area contributed by atoms with Gasteiger partial charge < -0.3 is 9.84 Å². The predicted octanol–water partition coefficient (Wildman–Crippen LogP) is 4.94. The number of hydrogen-bond acceptors (Lipinski definition) is 4. The molecule has 1 N–H and O–H groups in total. The number of amides is 1. The Morgan fingerprint density at radius 2 is 1.68 bits per heavy atom. The molecule has 0 radical (unpaired) electrons. The van der Waals surface area contributed by atoms with E-state index in [1.54, 1.807) is 24.3 Å². The van der Waals surface area contributed by atoms with Crippen LogP contribution in [0, 0.1) is 13.8 Å². The van der Waals surface area contributed by atoms with E-state index in [1.807, 2.05) is 62.4 Å². The lowest BCUT2D eigenvalue weighted by molar-refractivity contribution is -0.132. The zero-order chi connectivity index (χ0) is 22.1. The highest BCUT2D eigenvalue weighted by Crippen LogP contribution is 2.43. The van der Waals surface area contributed by atoms with Gasteiger partial charge in [-0.05, 0) is 48.7 Å². The molecule has 0 aromatic heterocycles. The summed E-state index contributed by atoms with van der Waals surface area (Å²) >= 11 is 0. The van der Waals surface area contributed by atoms with Crippen molar-refractivity contribution in [3.63, 3.8) is 0 Å². The van der Waals surface area contributed by atoms with Crippen LogP contribution in [0.5, 0.6) is 5.75 Å². The smallest absolute Gasteiger partial charge is 0.300 e. The van der Waals surface area contributed by atoms with Gasteiger partial charge in [0.2, 0.25) is 0 Å². The van der Waals surface area contributed by atoms with Crippen LogP contribution in [0.2, 0.25) is 0 Å². The molecule has 3 aromatic carbocycles. The van der Waals surface area contributed by atoms with Crippen LogP contribution in [0.15, 0.2) is 78.4 Å². The van der Waals surface area contributed by atoms with E-state index in [9.17, 15) is 14.7 Å². The molecular formula is C26H23NO4. The molecule has 1 fully saturated rings. The highest BCUT2D eigenvalue weighted by atomic mass is 16.5. The van der Waals surface area contributed by atoms with Crippen LogP contribution in [-0.4, -0.2) is 23.9 Å². The van der Waals surface area contributed by atoms with Crippen LogP contribution in [0.4, 0.5) is 5.69 Å². The zero-order valence-corrected chi connectivity index (χ0v) is 17.6. The average molecular weight is 413 g/mol. The fourth-order valence-electron chi connectivity index (χ4n) is 3.94. The number of benzene rings is 3. The number of nitrogens with zero attached hydrogens (tertiary/aromatic N) is 1. The highest BCUT2D eigenvalue weighted by Gasteiger charge is 2.47. The fraction of sp³-hybridized carbons (Fsp3) is 0.154. The molecule has 4 rings (SSSR count). The Kier molecular flexibility index (Phi) is 5.34. The predicted molar refractivity (Wildman–Crippen MR) is 120 cm³/mol. The molecule has 31 heavy (non-hydrogen) atoms. The Morgan fingerprint density at radius 3 is 2.39 bits per heavy atom. The summed E-state index contributed by atoms with van der Waals surface area (Å²) in [5.41, 5.74) is 3.72. The summed E-state index contributed by atoms with van der Waals surface area (Å²) in [5.74, 6) is -1.05. The van der Waals surface area contributed by atoms with Gasteiger partial charge in [-0.25, -0.2) is 0 Å². The molecule has 1 unspecified atom stereocenters. The first kappa shape index (κ1) is 20.4. The van der Waals surface area contributed by atoms with E-state index in [1.165, 1.54) is 12.0 Å². The summed E-state index contributed by atoms with van der Waals surface area (Å²) in [6.07, 6.45) is 0. The van der Waals surface area contributed by atoms with Gasteiger partial charge >= 0.3 is 0 Å². The first-order valence-corrected chi connectivity index (χ1v) is 10.00. The van der Waals surface area contributed by atoms with Gasteiger partial charge in [0.05, 0.1) is 18.7 Å². The van der Waals surface area contributed by atoms with Gasteiger partial charge in [-0.1, -0.05) is 54.6 Å². The van der Waals surface area contributed by atoms with E-state index in [4.69, 9.17) is 4.74 Å². The summed E-state index contributed by atoms with van der Waals surface area (Å²) in [6.45, 7) is 3.84. The third kappa shape index (κ3) is 3.59. The molecule has 1 aliphatic heterocycles. The number of hydrogen-bond donors (Lipinski definition) is 1. The van der Waals surface area contributed by atoms with E-state index in [0.29, 0.717) is 17.0 Å². The minimum Gasteiger partial charge on any atom is -0.507 e. The number of carbonyl (C=O) groups excluding carboxylic acids is 2. The van der Waals surface area contributed by atoms with Crippen LogP contribution in [0.1, 0.15) is 28.3 Å². The molecule has 0 spiro atoms. The maximum atomic E-state index is 13.2. The normalized spacial score (nSPS) is 17.8. The maximum Gasteiger partial charge on any atom is 0.300 e. The Bertz CT molecular complexity index is 1200. The van der Waals surface area contributed by atoms with Gasteiger partial charge in [0.25, 0.3) is 11.7 Å². The number of aryl methyl sites for hydroxylation is 2. The van der Waals surface area contributed by atoms with Gasteiger partial charge in [-0.15, -0.1) is 0 Å². The molecular weight excluding hydrogens is 390 g/mol. The molecule has 1 atom stereocenters. The van der Waals surface area contributed by atoms with Gasteiger partial charge in [-0.2, -0.15) is 0 Å². The fourth-order valence-corrected chi connectivity index (χ4v) is 3.94. The number of Topliss-reactive ketones (excluding diaryl/α,β-unsaturated/α-hetero) is 1. The molecule has 1 aliphatic rings. The number of carbonyl (C=O) groups is 2. The third-order valence-electron chi connectivity index (χ3n) is 5.53. The lowest BCUT2D eigenvalue weighted by Gasteiger charge is -2.27. The summed E-state index contributed by atoms with van der Waals surface area (Å²) in [7, 11) is 1.53. The van der Waals surface area contributed by atoms with Crippen LogP contribution in [-0.2, 0) is 9.59 Å². The van der Waals surface area contributed by atoms with E-state index in [-0.39, 0.29) is 11.3 Å². The molecule has 0 aliphatic carbocycles. The Labute approximate surface area is 181 Å². The molecule has 1 saturated heterocycles. The molecule has 156 valence electrons. The van der Waals surface area contributed by atoms with Crippen molar-refractivity contribution < 1.29 is 19.4 Å². The molecule has 0 bridgehead atoms. The van der Waals surface area contributed by atoms with Crippen molar-refractivity contribution in [1.29, 1.82) is 0 Å². The van der Waals surface area contributed by atoms with Crippen molar-refractivity contribution in [3.8, 4) is 5.75 Å². The van der Waals surface area contributed by atoms with Gasteiger partial charge in [0.1, 0.15) is 11.5 Å². The molecule has 1 amide bonds. The number of ether oxygens (including phenoxy) is 1. The number of ketones is 1. The summed E-state index contributed by atoms with van der Waals surface area (Å²) in [6, 6.07) is 21.1. The van der Waals surface area contributed by atoms with Crippen molar-refractivity contribution in [2.24, 2.45) is 0 Å². The standard InChI is InChI=1S/C26H23NO4/c1-16-12-13-17(2)21(14-16)27-23(18-8-5-4-6-9-18)22(25(29)26(27)30)24(28)19-10-7-11-20(15-19)31-3/h4-15,23,28H,1-3H3/b24-22+. The number of aliphatic hydroxyl groups excluding tert-OH is 1. The SMILES string of the molecule is COc1cccc(/C(O)=C2\C(=O)C(=O)N(c3cc(C)ccc3C)C2c2ccccc2)c1. The van der Waals surface area contributed by atoms with Crippen molar-refractivity contribution >= 4 is 23.1 Å². The minimum absolute atomic E-state index is 0.0605. The average Bonchev–Trinajstić information content (AvgIpc) is 3.06. The number of rotatable bonds is 4. The Hall–Kier alpha value is -3.86. The quantitative estimate of drug-likeness (QED) is 0.374. The van der Waals surface area contributed by atoms with Gasteiger partial charge in [0, 0.05) is 11.3 Å². The first-order valence-electron chi connectivity index (χ1n) is 10.00. The molecule has 5 heteroatoms. The molecule has 5 nitrogen and oxygen atoms in total.